The third-order valence-corrected chi connectivity index (χ3v) is 4.51. The molecule has 0 radical (unpaired) electrons. The highest BCUT2D eigenvalue weighted by atomic mass is 32.2. The van der Waals surface area contributed by atoms with Crippen molar-refractivity contribution in [3.8, 4) is 0 Å². The molecule has 1 aromatic heterocycles. The van der Waals surface area contributed by atoms with Crippen molar-refractivity contribution in [3.63, 3.8) is 0 Å². The van der Waals surface area contributed by atoms with Gasteiger partial charge < -0.3 is 9.94 Å². The predicted octanol–water partition coefficient (Wildman–Crippen LogP) is 1.99. The van der Waals surface area contributed by atoms with Gasteiger partial charge in [0.2, 0.25) is 16.1 Å². The third-order valence-electron chi connectivity index (χ3n) is 2.83. The van der Waals surface area contributed by atoms with Crippen LogP contribution in [0.5, 0.6) is 0 Å². The smallest absolute Gasteiger partial charge is 0.223 e. The van der Waals surface area contributed by atoms with Gasteiger partial charge in [-0.1, -0.05) is 23.4 Å². The molecule has 1 aromatic carbocycles. The van der Waals surface area contributed by atoms with Crippen molar-refractivity contribution in [2.24, 2.45) is 5.16 Å². The van der Waals surface area contributed by atoms with E-state index in [1.807, 2.05) is 0 Å². The maximum Gasteiger partial charge on any atom is 0.223 e. The van der Waals surface area contributed by atoms with E-state index in [4.69, 9.17) is 9.94 Å². The average molecular weight is 320 g/mol. The predicted molar refractivity (Wildman–Crippen MR) is 81.1 cm³/mol. The lowest BCUT2D eigenvalue weighted by atomic mass is 10.2. The summed E-state index contributed by atoms with van der Waals surface area (Å²) in [6.07, 6.45) is 0.390. The first kappa shape index (κ1) is 16.1. The zero-order valence-electron chi connectivity index (χ0n) is 12.2. The van der Waals surface area contributed by atoms with Crippen LogP contribution in [0.2, 0.25) is 0 Å². The number of sulfone groups is 1. The molecule has 1 atom stereocenters. The van der Waals surface area contributed by atoms with E-state index in [1.165, 1.54) is 31.3 Å². The number of aliphatic hydroxyl groups is 1. The number of rotatable bonds is 5. The van der Waals surface area contributed by atoms with E-state index in [9.17, 15) is 8.42 Å². The molecule has 0 aliphatic rings. The van der Waals surface area contributed by atoms with E-state index < -0.39 is 16.1 Å². The van der Waals surface area contributed by atoms with Crippen molar-refractivity contribution in [2.45, 2.75) is 30.1 Å². The van der Waals surface area contributed by atoms with Crippen LogP contribution >= 0.6 is 0 Å². The molecule has 0 bridgehead atoms. The lowest BCUT2D eigenvalue weighted by molar-refractivity contribution is -0.0837. The number of aliphatic hydroxyl groups excluding tert-OH is 1. The first-order chi connectivity index (χ1) is 10.4. The van der Waals surface area contributed by atoms with Crippen LogP contribution in [0.4, 0.5) is 0 Å². The fourth-order valence-electron chi connectivity index (χ4n) is 1.68. The van der Waals surface area contributed by atoms with Crippen molar-refractivity contribution < 1.29 is 18.4 Å². The molecule has 0 fully saturated rings. The molecule has 1 heterocycles. The van der Waals surface area contributed by atoms with E-state index >= 15 is 0 Å². The zero-order valence-corrected chi connectivity index (χ0v) is 13.0. The van der Waals surface area contributed by atoms with Crippen LogP contribution in [0.15, 0.2) is 63.7 Å². The van der Waals surface area contributed by atoms with Crippen LogP contribution < -0.4 is 0 Å². The molecule has 0 aliphatic carbocycles. The fourth-order valence-corrected chi connectivity index (χ4v) is 2.88. The molecule has 22 heavy (non-hydrogen) atoms. The number of oxime groups is 1. The summed E-state index contributed by atoms with van der Waals surface area (Å²) in [5, 5.41) is 12.7. The summed E-state index contributed by atoms with van der Waals surface area (Å²) in [7, 11) is -3.63. The number of benzene rings is 1. The summed E-state index contributed by atoms with van der Waals surface area (Å²) in [6, 6.07) is 11.1. The number of hydrogen-bond acceptors (Lipinski definition) is 6. The van der Waals surface area contributed by atoms with Gasteiger partial charge in [0.05, 0.1) is 10.6 Å². The molecule has 0 spiro atoms. The minimum atomic E-state index is -3.63. The number of aromatic nitrogens is 1. The maximum atomic E-state index is 12.4. The Morgan fingerprint density at radius 1 is 1.23 bits per heavy atom. The van der Waals surface area contributed by atoms with Gasteiger partial charge in [-0.3, -0.25) is 0 Å². The molecule has 1 N–H and O–H groups in total. The van der Waals surface area contributed by atoms with Crippen LogP contribution in [0.1, 0.15) is 19.4 Å². The lowest BCUT2D eigenvalue weighted by Gasteiger charge is -2.06. The molecular weight excluding hydrogens is 304 g/mol. The first-order valence-electron chi connectivity index (χ1n) is 6.56. The van der Waals surface area contributed by atoms with Gasteiger partial charge >= 0.3 is 0 Å². The Morgan fingerprint density at radius 2 is 1.91 bits per heavy atom. The highest BCUT2D eigenvalue weighted by Crippen LogP contribution is 2.18. The van der Waals surface area contributed by atoms with E-state index in [-0.39, 0.29) is 9.92 Å². The molecule has 0 aliphatic heterocycles. The fraction of sp³-hybridized carbons (Fsp3) is 0.200. The Kier molecular flexibility index (Phi) is 4.89. The molecule has 6 nitrogen and oxygen atoms in total. The van der Waals surface area contributed by atoms with Gasteiger partial charge in [0, 0.05) is 18.7 Å². The third kappa shape index (κ3) is 3.69. The Balaban J connectivity index is 2.28. The lowest BCUT2D eigenvalue weighted by Crippen LogP contribution is -2.07. The molecule has 0 saturated carbocycles. The maximum absolute atomic E-state index is 12.4. The van der Waals surface area contributed by atoms with Crippen LogP contribution in [-0.4, -0.2) is 30.5 Å². The number of nitrogens with zero attached hydrogens (tertiary/aromatic N) is 2. The SMILES string of the molecule is CC(=NOC(C)O)c1ccc(S(=O)(=O)c2ccccc2)nc1. The number of pyridine rings is 1. The average Bonchev–Trinajstić information content (AvgIpc) is 2.53. The van der Waals surface area contributed by atoms with Gasteiger partial charge in [-0.2, -0.15) is 0 Å². The molecule has 2 aromatic rings. The van der Waals surface area contributed by atoms with Gasteiger partial charge in [-0.15, -0.1) is 0 Å². The molecular formula is C15H16N2O4S. The van der Waals surface area contributed by atoms with Crippen molar-refractivity contribution in [2.75, 3.05) is 0 Å². The monoisotopic (exact) mass is 320 g/mol. The Morgan fingerprint density at radius 3 is 2.45 bits per heavy atom. The van der Waals surface area contributed by atoms with E-state index in [0.29, 0.717) is 11.3 Å². The second-order valence-corrected chi connectivity index (χ2v) is 6.48. The van der Waals surface area contributed by atoms with Crippen LogP contribution in [0.3, 0.4) is 0 Å². The Bertz CT molecular complexity index is 754. The minimum absolute atomic E-state index is 0.0355. The highest BCUT2D eigenvalue weighted by Gasteiger charge is 2.18. The summed E-state index contributed by atoms with van der Waals surface area (Å²) in [6.45, 7) is 3.11. The number of hydrogen-bond donors (Lipinski definition) is 1. The summed E-state index contributed by atoms with van der Waals surface area (Å²) < 4.78 is 24.8. The van der Waals surface area contributed by atoms with E-state index in [2.05, 4.69) is 10.1 Å². The van der Waals surface area contributed by atoms with E-state index in [0.717, 1.165) is 0 Å². The first-order valence-corrected chi connectivity index (χ1v) is 8.04. The van der Waals surface area contributed by atoms with Crippen molar-refractivity contribution >= 4 is 15.5 Å². The summed E-state index contributed by atoms with van der Waals surface area (Å²) in [5.74, 6) is 0. The topological polar surface area (TPSA) is 88.9 Å². The van der Waals surface area contributed by atoms with Gasteiger partial charge in [-0.05, 0) is 31.2 Å². The Labute approximate surface area is 129 Å². The van der Waals surface area contributed by atoms with Crippen LogP contribution in [-0.2, 0) is 14.7 Å². The van der Waals surface area contributed by atoms with Crippen molar-refractivity contribution in [1.29, 1.82) is 0 Å². The van der Waals surface area contributed by atoms with Crippen LogP contribution in [0, 0.1) is 0 Å². The normalized spacial score (nSPS) is 13.7. The summed E-state index contributed by atoms with van der Waals surface area (Å²) in [4.78, 5) is 8.90. The van der Waals surface area contributed by atoms with Gasteiger partial charge in [0.15, 0.2) is 5.03 Å². The second-order valence-electron chi connectivity index (χ2n) is 4.58. The minimum Gasteiger partial charge on any atom is -0.364 e. The van der Waals surface area contributed by atoms with E-state index in [1.54, 1.807) is 31.2 Å². The molecule has 1 unspecified atom stereocenters. The zero-order chi connectivity index (χ0) is 16.2. The summed E-state index contributed by atoms with van der Waals surface area (Å²) >= 11 is 0. The molecule has 7 heteroatoms. The van der Waals surface area contributed by atoms with Gasteiger partial charge in [0.25, 0.3) is 0 Å². The van der Waals surface area contributed by atoms with Gasteiger partial charge in [0.1, 0.15) is 0 Å². The largest absolute Gasteiger partial charge is 0.364 e. The quantitative estimate of drug-likeness (QED) is 0.517. The summed E-state index contributed by atoms with van der Waals surface area (Å²) in [5.41, 5.74) is 1.09. The molecule has 0 amide bonds. The molecule has 0 saturated heterocycles. The standard InChI is InChI=1S/C15H16N2O4S/c1-11(17-21-12(2)18)13-8-9-15(16-10-13)22(19,20)14-6-4-3-5-7-14/h3-10,12,18H,1-2H3. The Hall–Kier alpha value is -2.25. The van der Waals surface area contributed by atoms with Crippen LogP contribution in [0.25, 0.3) is 0 Å². The highest BCUT2D eigenvalue weighted by molar-refractivity contribution is 7.91. The van der Waals surface area contributed by atoms with Gasteiger partial charge in [-0.25, -0.2) is 13.4 Å². The van der Waals surface area contributed by atoms with Crippen molar-refractivity contribution in [3.05, 3.63) is 54.2 Å². The molecule has 116 valence electrons. The second kappa shape index (κ2) is 6.67. The van der Waals surface area contributed by atoms with Crippen molar-refractivity contribution in [1.82, 2.24) is 4.98 Å². The molecule has 2 rings (SSSR count).